The number of nitro benzene ring substituents is 1. The van der Waals surface area contributed by atoms with Crippen molar-refractivity contribution < 1.29 is 14.5 Å². The Morgan fingerprint density at radius 3 is 2.59 bits per heavy atom. The summed E-state index contributed by atoms with van der Waals surface area (Å²) in [4.78, 5) is 23.1. The third-order valence-electron chi connectivity index (χ3n) is 4.57. The topological polar surface area (TPSA) is 117 Å². The van der Waals surface area contributed by atoms with E-state index in [9.17, 15) is 14.9 Å². The maximum absolute atomic E-state index is 12.6. The summed E-state index contributed by atoms with van der Waals surface area (Å²) in [5, 5.41) is 23.2. The fourth-order valence-electron chi connectivity index (χ4n) is 2.98. The van der Waals surface area contributed by atoms with Crippen molar-refractivity contribution in [2.24, 2.45) is 0 Å². The molecule has 0 atom stereocenters. The van der Waals surface area contributed by atoms with E-state index in [-0.39, 0.29) is 34.7 Å². The monoisotopic (exact) mass is 520 g/mol. The van der Waals surface area contributed by atoms with Gasteiger partial charge in [0.2, 0.25) is 0 Å². The van der Waals surface area contributed by atoms with Crippen molar-refractivity contribution in [1.29, 1.82) is 0 Å². The number of nitro groups is 1. The zero-order chi connectivity index (χ0) is 24.2. The molecule has 34 heavy (non-hydrogen) atoms. The van der Waals surface area contributed by atoms with Gasteiger partial charge >= 0.3 is 5.69 Å². The Bertz CT molecular complexity index is 1370. The number of carbonyl (C=O) groups is 1. The smallest absolute Gasteiger partial charge is 0.311 e. The zero-order valence-corrected chi connectivity index (χ0v) is 19.5. The van der Waals surface area contributed by atoms with Crippen LogP contribution >= 0.6 is 34.8 Å². The van der Waals surface area contributed by atoms with Gasteiger partial charge in [0.25, 0.3) is 5.91 Å². The van der Waals surface area contributed by atoms with Crippen molar-refractivity contribution in [3.05, 3.63) is 97.4 Å². The molecule has 4 aromatic rings. The van der Waals surface area contributed by atoms with Gasteiger partial charge in [0.05, 0.1) is 21.5 Å². The van der Waals surface area contributed by atoms with Crippen LogP contribution in [0.1, 0.15) is 16.1 Å². The Labute approximate surface area is 207 Å². The lowest BCUT2D eigenvalue weighted by molar-refractivity contribution is -0.386. The van der Waals surface area contributed by atoms with Crippen molar-refractivity contribution in [2.75, 3.05) is 5.32 Å². The molecule has 0 saturated heterocycles. The van der Waals surface area contributed by atoms with E-state index < -0.39 is 10.8 Å². The Morgan fingerprint density at radius 1 is 1.03 bits per heavy atom. The van der Waals surface area contributed by atoms with Crippen LogP contribution in [0.15, 0.2) is 60.9 Å². The molecule has 2 aromatic carbocycles. The summed E-state index contributed by atoms with van der Waals surface area (Å²) < 4.78 is 8.35. The van der Waals surface area contributed by atoms with Crippen LogP contribution in [0.4, 0.5) is 11.5 Å². The Balaban J connectivity index is 1.39. The van der Waals surface area contributed by atoms with Gasteiger partial charge in [-0.05, 0) is 29.8 Å². The minimum atomic E-state index is -0.540. The Kier molecular flexibility index (Phi) is 7.01. The highest BCUT2D eigenvalue weighted by Gasteiger charge is 2.17. The molecule has 174 valence electrons. The summed E-state index contributed by atoms with van der Waals surface area (Å²) in [5.41, 5.74) is 0.767. The molecule has 0 bridgehead atoms. The molecular formula is C21H15Cl3N6O4. The number of anilines is 1. The van der Waals surface area contributed by atoms with Crippen LogP contribution < -0.4 is 10.1 Å². The van der Waals surface area contributed by atoms with E-state index in [1.165, 1.54) is 29.1 Å². The summed E-state index contributed by atoms with van der Waals surface area (Å²) in [7, 11) is 0. The van der Waals surface area contributed by atoms with Gasteiger partial charge in [-0.1, -0.05) is 53.0 Å². The lowest BCUT2D eigenvalue weighted by atomic mass is 10.2. The number of nitrogens with one attached hydrogen (secondary N) is 1. The minimum absolute atomic E-state index is 0.0845. The predicted octanol–water partition coefficient (Wildman–Crippen LogP) is 5.29. The number of hydrogen-bond acceptors (Lipinski definition) is 6. The van der Waals surface area contributed by atoms with E-state index in [2.05, 4.69) is 15.5 Å². The Hall–Kier alpha value is -3.60. The molecule has 0 radical (unpaired) electrons. The maximum atomic E-state index is 12.6. The van der Waals surface area contributed by atoms with Crippen LogP contribution in [0.5, 0.6) is 5.75 Å². The van der Waals surface area contributed by atoms with E-state index >= 15 is 0 Å². The molecule has 0 aliphatic carbocycles. The van der Waals surface area contributed by atoms with Gasteiger partial charge in [-0.25, -0.2) is 4.68 Å². The molecule has 1 amide bonds. The summed E-state index contributed by atoms with van der Waals surface area (Å²) >= 11 is 18.2. The molecule has 0 spiro atoms. The van der Waals surface area contributed by atoms with Crippen LogP contribution in [-0.2, 0) is 13.3 Å². The summed E-state index contributed by atoms with van der Waals surface area (Å²) in [6.45, 7) is 0.237. The van der Waals surface area contributed by atoms with Crippen LogP contribution in [0, 0.1) is 10.1 Å². The number of carbonyl (C=O) groups excluding carboxylic acids is 1. The molecule has 0 fully saturated rings. The van der Waals surface area contributed by atoms with Gasteiger partial charge in [0.1, 0.15) is 5.02 Å². The first-order valence-corrected chi connectivity index (χ1v) is 10.8. The standard InChI is InChI=1S/C21H15Cl3N6O4/c22-14-6-5-13(9-15(14)23)10-29-11-16(24)20(27-29)25-21(31)17-7-8-28(26-17)12-34-19-4-2-1-3-18(19)30(32)33/h1-9,11H,10,12H2,(H,25,27,31). The molecule has 0 unspecified atom stereocenters. The normalized spacial score (nSPS) is 10.8. The van der Waals surface area contributed by atoms with Crippen molar-refractivity contribution in [3.63, 3.8) is 0 Å². The van der Waals surface area contributed by atoms with Gasteiger partial charge in [-0.3, -0.25) is 19.6 Å². The minimum Gasteiger partial charge on any atom is -0.464 e. The van der Waals surface area contributed by atoms with E-state index in [1.807, 2.05) is 0 Å². The van der Waals surface area contributed by atoms with E-state index in [0.29, 0.717) is 16.6 Å². The SMILES string of the molecule is O=C(Nc1nn(Cc2ccc(Cl)c(Cl)c2)cc1Cl)c1ccn(COc2ccccc2[N+](=O)[O-])n1. The highest BCUT2D eigenvalue weighted by molar-refractivity contribution is 6.42. The van der Waals surface area contributed by atoms with Crippen molar-refractivity contribution in [1.82, 2.24) is 19.6 Å². The van der Waals surface area contributed by atoms with Gasteiger partial charge in [-0.15, -0.1) is 0 Å². The summed E-state index contributed by atoms with van der Waals surface area (Å²) in [6.07, 6.45) is 3.08. The highest BCUT2D eigenvalue weighted by Crippen LogP contribution is 2.26. The van der Waals surface area contributed by atoms with Gasteiger partial charge < -0.3 is 10.1 Å². The molecule has 2 heterocycles. The maximum Gasteiger partial charge on any atom is 0.311 e. The van der Waals surface area contributed by atoms with E-state index in [4.69, 9.17) is 39.5 Å². The fraction of sp³-hybridized carbons (Fsp3) is 0.0952. The first-order valence-electron chi connectivity index (χ1n) is 9.68. The molecule has 1 N–H and O–H groups in total. The number of halogens is 3. The van der Waals surface area contributed by atoms with Crippen LogP contribution in [-0.4, -0.2) is 30.4 Å². The van der Waals surface area contributed by atoms with Gasteiger partial charge in [-0.2, -0.15) is 10.2 Å². The number of ether oxygens (including phenoxy) is 1. The second kappa shape index (κ2) is 10.1. The second-order valence-electron chi connectivity index (χ2n) is 6.96. The van der Waals surface area contributed by atoms with Crippen LogP contribution in [0.3, 0.4) is 0 Å². The highest BCUT2D eigenvalue weighted by atomic mass is 35.5. The third kappa shape index (κ3) is 5.48. The third-order valence-corrected chi connectivity index (χ3v) is 5.58. The quantitative estimate of drug-likeness (QED) is 0.249. The van der Waals surface area contributed by atoms with Gasteiger partial charge in [0, 0.05) is 18.5 Å². The Morgan fingerprint density at radius 2 is 1.82 bits per heavy atom. The lowest BCUT2D eigenvalue weighted by Gasteiger charge is -2.06. The van der Waals surface area contributed by atoms with Crippen molar-refractivity contribution in [3.8, 4) is 5.75 Å². The molecule has 2 aromatic heterocycles. The average Bonchev–Trinajstić information content (AvgIpc) is 3.41. The summed E-state index contributed by atoms with van der Waals surface area (Å²) in [6, 6.07) is 12.7. The number of hydrogen-bond donors (Lipinski definition) is 1. The molecule has 0 saturated carbocycles. The molecule has 10 nitrogen and oxygen atoms in total. The first-order chi connectivity index (χ1) is 16.3. The number of rotatable bonds is 8. The largest absolute Gasteiger partial charge is 0.464 e. The average molecular weight is 522 g/mol. The molecular weight excluding hydrogens is 507 g/mol. The number of benzene rings is 2. The molecule has 4 rings (SSSR count). The van der Waals surface area contributed by atoms with Gasteiger partial charge in [0.15, 0.2) is 24.0 Å². The molecule has 0 aliphatic rings. The first kappa shape index (κ1) is 23.6. The predicted molar refractivity (Wildman–Crippen MR) is 127 cm³/mol. The van der Waals surface area contributed by atoms with Crippen LogP contribution in [0.2, 0.25) is 15.1 Å². The zero-order valence-electron chi connectivity index (χ0n) is 17.2. The summed E-state index contributed by atoms with van der Waals surface area (Å²) in [5.74, 6) is -0.281. The van der Waals surface area contributed by atoms with Crippen molar-refractivity contribution in [2.45, 2.75) is 13.3 Å². The fourth-order valence-corrected chi connectivity index (χ4v) is 3.50. The number of aromatic nitrogens is 4. The molecule has 13 heteroatoms. The van der Waals surface area contributed by atoms with E-state index in [1.54, 1.807) is 41.2 Å². The number of para-hydroxylation sites is 2. The van der Waals surface area contributed by atoms with E-state index in [0.717, 1.165) is 5.56 Å². The van der Waals surface area contributed by atoms with Crippen LogP contribution in [0.25, 0.3) is 0 Å². The number of nitrogens with zero attached hydrogens (tertiary/aromatic N) is 5. The lowest BCUT2D eigenvalue weighted by Crippen LogP contribution is -2.15. The number of amides is 1. The molecule has 0 aliphatic heterocycles. The van der Waals surface area contributed by atoms with Crippen molar-refractivity contribution >= 4 is 52.2 Å². The second-order valence-corrected chi connectivity index (χ2v) is 8.19.